The fourth-order valence-electron chi connectivity index (χ4n) is 3.77. The molecule has 4 unspecified atom stereocenters. The number of carbonyl (C=O) groups is 2. The third-order valence-corrected chi connectivity index (χ3v) is 6.63. The summed E-state index contributed by atoms with van der Waals surface area (Å²) in [6, 6.07) is 4.51. The smallest absolute Gasteiger partial charge is 0.336 e. The van der Waals surface area contributed by atoms with E-state index < -0.39 is 18.0 Å². The Bertz CT molecular complexity index is 658. The van der Waals surface area contributed by atoms with Crippen molar-refractivity contribution in [3.8, 4) is 0 Å². The molecule has 0 spiro atoms. The summed E-state index contributed by atoms with van der Waals surface area (Å²) >= 11 is 7.49. The lowest BCUT2D eigenvalue weighted by atomic mass is 9.73. The molecule has 1 aromatic rings. The second kappa shape index (κ2) is 8.62. The molecule has 0 aromatic heterocycles. The Kier molecular flexibility index (Phi) is 7.02. The van der Waals surface area contributed by atoms with Crippen molar-refractivity contribution >= 4 is 47.7 Å². The summed E-state index contributed by atoms with van der Waals surface area (Å²) in [5, 5.41) is 22.4. The molecule has 1 heterocycles. The zero-order valence-electron chi connectivity index (χ0n) is 13.5. The molecule has 8 heteroatoms. The minimum absolute atomic E-state index is 0. The van der Waals surface area contributed by atoms with Crippen molar-refractivity contribution in [2.45, 2.75) is 41.9 Å². The first kappa shape index (κ1) is 20.4. The van der Waals surface area contributed by atoms with Crippen LogP contribution < -0.4 is 5.32 Å². The van der Waals surface area contributed by atoms with E-state index in [1.165, 1.54) is 6.07 Å². The van der Waals surface area contributed by atoms with Crippen molar-refractivity contribution in [3.63, 3.8) is 0 Å². The fraction of sp³-hybridized carbons (Fsp3) is 0.529. The molecule has 1 aliphatic heterocycles. The van der Waals surface area contributed by atoms with Crippen LogP contribution in [0.4, 0.5) is 0 Å². The summed E-state index contributed by atoms with van der Waals surface area (Å²) in [7, 11) is 0. The predicted molar refractivity (Wildman–Crippen MR) is 100 cm³/mol. The predicted octanol–water partition coefficient (Wildman–Crippen LogP) is 3.78. The highest BCUT2D eigenvalue weighted by Crippen LogP contribution is 2.43. The van der Waals surface area contributed by atoms with Gasteiger partial charge in [0, 0.05) is 15.2 Å². The summed E-state index contributed by atoms with van der Waals surface area (Å²) < 4.78 is 0. The normalized spacial score (nSPS) is 28.5. The molecular formula is C17H21Cl2NO4S. The van der Waals surface area contributed by atoms with Crippen LogP contribution in [0.3, 0.4) is 0 Å². The number of carboxylic acid groups (broad SMARTS) is 2. The average Bonchev–Trinajstić information content (AvgIpc) is 2.55. The molecule has 1 aliphatic carbocycles. The Morgan fingerprint density at radius 2 is 1.92 bits per heavy atom. The van der Waals surface area contributed by atoms with Crippen LogP contribution in [0.1, 0.15) is 36.0 Å². The molecular weight excluding hydrogens is 385 g/mol. The number of aromatic carboxylic acids is 1. The van der Waals surface area contributed by atoms with E-state index in [2.05, 4.69) is 5.32 Å². The van der Waals surface area contributed by atoms with Gasteiger partial charge in [0.25, 0.3) is 0 Å². The molecule has 0 radical (unpaired) electrons. The van der Waals surface area contributed by atoms with Crippen molar-refractivity contribution in [1.29, 1.82) is 0 Å². The number of aliphatic carboxylic acids is 1. The number of thioether (sulfide) groups is 1. The molecule has 0 amide bonds. The van der Waals surface area contributed by atoms with E-state index in [4.69, 9.17) is 11.6 Å². The van der Waals surface area contributed by atoms with Gasteiger partial charge >= 0.3 is 11.9 Å². The Hall–Kier alpha value is -0.950. The van der Waals surface area contributed by atoms with Gasteiger partial charge in [0.1, 0.15) is 6.04 Å². The number of hydrogen-bond acceptors (Lipinski definition) is 4. The van der Waals surface area contributed by atoms with Gasteiger partial charge in [-0.3, -0.25) is 4.79 Å². The monoisotopic (exact) mass is 405 g/mol. The molecule has 3 N–H and O–H groups in total. The van der Waals surface area contributed by atoms with Gasteiger partial charge < -0.3 is 15.5 Å². The maximum atomic E-state index is 11.4. The third kappa shape index (κ3) is 4.82. The summed E-state index contributed by atoms with van der Waals surface area (Å²) in [5.74, 6) is -0.837. The molecule has 1 saturated carbocycles. The van der Waals surface area contributed by atoms with Crippen LogP contribution in [-0.4, -0.2) is 40.0 Å². The van der Waals surface area contributed by atoms with Crippen LogP contribution >= 0.6 is 35.8 Å². The molecule has 25 heavy (non-hydrogen) atoms. The number of carboxylic acids is 2. The molecule has 138 valence electrons. The van der Waals surface area contributed by atoms with Gasteiger partial charge in [-0.2, -0.15) is 0 Å². The van der Waals surface area contributed by atoms with Gasteiger partial charge in [0.15, 0.2) is 0 Å². The van der Waals surface area contributed by atoms with Gasteiger partial charge in [-0.1, -0.05) is 11.6 Å². The van der Waals surface area contributed by atoms with Crippen LogP contribution in [0, 0.1) is 11.8 Å². The SMILES string of the molecule is Cl.O=C(O)c1cc(Cl)ccc1SC1CCC2CNC(C(=O)O)CC2C1. The third-order valence-electron chi connectivity index (χ3n) is 5.02. The number of piperidine rings is 1. The van der Waals surface area contributed by atoms with E-state index in [-0.39, 0.29) is 18.0 Å². The molecule has 4 atom stereocenters. The zero-order chi connectivity index (χ0) is 17.3. The Labute approximate surface area is 161 Å². The molecule has 1 saturated heterocycles. The van der Waals surface area contributed by atoms with Gasteiger partial charge in [0.05, 0.1) is 5.56 Å². The largest absolute Gasteiger partial charge is 0.480 e. The molecule has 2 fully saturated rings. The minimum Gasteiger partial charge on any atom is -0.480 e. The Morgan fingerprint density at radius 3 is 2.60 bits per heavy atom. The fourth-order valence-corrected chi connectivity index (χ4v) is 5.32. The van der Waals surface area contributed by atoms with E-state index in [0.717, 1.165) is 30.7 Å². The highest BCUT2D eigenvalue weighted by Gasteiger charge is 2.38. The van der Waals surface area contributed by atoms with Crippen LogP contribution in [0.15, 0.2) is 23.1 Å². The lowest BCUT2D eigenvalue weighted by Crippen LogP contribution is -2.49. The summed E-state index contributed by atoms with van der Waals surface area (Å²) in [6.45, 7) is 0.764. The molecule has 1 aromatic carbocycles. The number of halogens is 2. The summed E-state index contributed by atoms with van der Waals surface area (Å²) in [5.41, 5.74) is 0.239. The van der Waals surface area contributed by atoms with Crippen molar-refractivity contribution in [2.75, 3.05) is 6.54 Å². The first-order valence-corrected chi connectivity index (χ1v) is 9.35. The molecule has 3 rings (SSSR count). The highest BCUT2D eigenvalue weighted by molar-refractivity contribution is 8.00. The number of hydrogen-bond donors (Lipinski definition) is 3. The van der Waals surface area contributed by atoms with Gasteiger partial charge in [-0.15, -0.1) is 24.2 Å². The lowest BCUT2D eigenvalue weighted by Gasteiger charge is -2.41. The zero-order valence-corrected chi connectivity index (χ0v) is 15.9. The number of nitrogens with one attached hydrogen (secondary N) is 1. The summed E-state index contributed by atoms with van der Waals surface area (Å²) in [6.07, 6.45) is 3.66. The van der Waals surface area contributed by atoms with Gasteiger partial charge in [-0.25, -0.2) is 4.79 Å². The number of fused-ring (bicyclic) bond motifs is 1. The number of benzene rings is 1. The molecule has 5 nitrogen and oxygen atoms in total. The first-order chi connectivity index (χ1) is 11.4. The van der Waals surface area contributed by atoms with Crippen molar-refractivity contribution in [1.82, 2.24) is 5.32 Å². The summed E-state index contributed by atoms with van der Waals surface area (Å²) in [4.78, 5) is 23.4. The van der Waals surface area contributed by atoms with Crippen LogP contribution in [0.5, 0.6) is 0 Å². The van der Waals surface area contributed by atoms with Crippen LogP contribution in [-0.2, 0) is 4.79 Å². The molecule has 2 aliphatic rings. The minimum atomic E-state index is -0.971. The van der Waals surface area contributed by atoms with Crippen LogP contribution in [0.25, 0.3) is 0 Å². The van der Waals surface area contributed by atoms with E-state index in [9.17, 15) is 19.8 Å². The van der Waals surface area contributed by atoms with Crippen molar-refractivity contribution in [3.05, 3.63) is 28.8 Å². The Balaban J connectivity index is 0.00000225. The highest BCUT2D eigenvalue weighted by atomic mass is 35.5. The van der Waals surface area contributed by atoms with Crippen molar-refractivity contribution in [2.24, 2.45) is 11.8 Å². The quantitative estimate of drug-likeness (QED) is 0.706. The van der Waals surface area contributed by atoms with Crippen molar-refractivity contribution < 1.29 is 19.8 Å². The van der Waals surface area contributed by atoms with Gasteiger partial charge in [-0.05, 0) is 62.3 Å². The second-order valence-corrected chi connectivity index (χ2v) is 8.33. The maximum absolute atomic E-state index is 11.4. The van der Waals surface area contributed by atoms with Gasteiger partial charge in [0.2, 0.25) is 0 Å². The van der Waals surface area contributed by atoms with Crippen LogP contribution in [0.2, 0.25) is 5.02 Å². The lowest BCUT2D eigenvalue weighted by molar-refractivity contribution is -0.141. The average molecular weight is 406 g/mol. The van der Waals surface area contributed by atoms with E-state index in [0.29, 0.717) is 28.5 Å². The maximum Gasteiger partial charge on any atom is 0.336 e. The second-order valence-electron chi connectivity index (χ2n) is 6.55. The standard InChI is InChI=1S/C17H20ClNO4S.ClH/c18-11-2-4-15(13(7-11)16(20)21)24-12-3-1-9-8-19-14(17(22)23)6-10(9)5-12;/h2,4,7,9-10,12,14,19H,1,3,5-6,8H2,(H,20,21)(H,22,23);1H. The molecule has 0 bridgehead atoms. The Morgan fingerprint density at radius 1 is 1.16 bits per heavy atom. The van der Waals surface area contributed by atoms with E-state index >= 15 is 0 Å². The van der Waals surface area contributed by atoms with E-state index in [1.807, 2.05) is 0 Å². The first-order valence-electron chi connectivity index (χ1n) is 8.09. The van der Waals surface area contributed by atoms with E-state index in [1.54, 1.807) is 23.9 Å². The number of rotatable bonds is 4. The topological polar surface area (TPSA) is 86.6 Å².